The van der Waals surface area contributed by atoms with Gasteiger partial charge in [0.2, 0.25) is 0 Å². The Balaban J connectivity index is 0. The van der Waals surface area contributed by atoms with Crippen molar-refractivity contribution >= 4 is 7.81 Å². The van der Waals surface area contributed by atoms with Crippen molar-refractivity contribution in [2.24, 2.45) is 0 Å². The van der Waals surface area contributed by atoms with Crippen molar-refractivity contribution in [3.8, 4) is 0 Å². The van der Waals surface area contributed by atoms with Crippen molar-refractivity contribution in [1.82, 2.24) is 0 Å². The molecule has 0 saturated heterocycles. The van der Waals surface area contributed by atoms with Crippen molar-refractivity contribution < 1.29 is 30.5 Å². The van der Waals surface area contributed by atoms with E-state index >= 15 is 0 Å². The van der Waals surface area contributed by atoms with Crippen LogP contribution >= 0.6 is 7.81 Å². The van der Waals surface area contributed by atoms with Gasteiger partial charge in [0.25, 0.3) is 0 Å². The van der Waals surface area contributed by atoms with E-state index in [4.69, 9.17) is 0 Å². The molecule has 0 aromatic heterocycles. The van der Waals surface area contributed by atoms with Gasteiger partial charge in [0.15, 0.2) is 0 Å². The van der Waals surface area contributed by atoms with Gasteiger partial charge in [-0.15, -0.1) is 0 Å². The molecule has 0 bridgehead atoms. The summed E-state index contributed by atoms with van der Waals surface area (Å²) in [5.74, 6) is 0. The molecule has 21 heavy (non-hydrogen) atoms. The fraction of sp³-hybridized carbons (Fsp3) is 1.00. The maximum absolute atomic E-state index is 10.7. The molecule has 0 saturated carbocycles. The summed E-state index contributed by atoms with van der Waals surface area (Å²) in [5.41, 5.74) is 0. The Bertz CT molecular complexity index is 215. The van der Waals surface area contributed by atoms with Gasteiger partial charge in [-0.05, 0) is 12.8 Å². The molecule has 0 aromatic carbocycles. The number of halogens is 6. The Morgan fingerprint density at radius 2 is 0.905 bits per heavy atom. The molecule has 0 unspecified atom stereocenters. The average molecular weight is 345 g/mol. The minimum atomic E-state index is -10.7. The van der Waals surface area contributed by atoms with Gasteiger partial charge < -0.3 is 5.32 Å². The van der Waals surface area contributed by atoms with Crippen molar-refractivity contribution in [3.05, 3.63) is 0 Å². The first-order valence-electron chi connectivity index (χ1n) is 7.71. The molecule has 0 fully saturated rings. The molecule has 0 amide bonds. The van der Waals surface area contributed by atoms with Crippen molar-refractivity contribution in [1.29, 1.82) is 0 Å². The summed E-state index contributed by atoms with van der Waals surface area (Å²) >= 11 is 0. The molecule has 0 spiro atoms. The van der Waals surface area contributed by atoms with E-state index in [1.807, 2.05) is 0 Å². The average Bonchev–Trinajstić information content (AvgIpc) is 2.28. The second-order valence-electron chi connectivity index (χ2n) is 5.34. The quantitative estimate of drug-likeness (QED) is 0.251. The molecule has 0 aromatic rings. The number of rotatable bonds is 11. The zero-order valence-electron chi connectivity index (χ0n) is 13.1. The van der Waals surface area contributed by atoms with Gasteiger partial charge in [0.05, 0.1) is 13.6 Å². The predicted molar refractivity (Wildman–Crippen MR) is 78.1 cm³/mol. The van der Waals surface area contributed by atoms with Crippen LogP contribution in [0.2, 0.25) is 0 Å². The molecule has 0 radical (unpaired) electrons. The van der Waals surface area contributed by atoms with Crippen molar-refractivity contribution in [2.75, 3.05) is 13.6 Å². The molecule has 134 valence electrons. The van der Waals surface area contributed by atoms with Crippen LogP contribution in [-0.2, 0) is 0 Å². The van der Waals surface area contributed by atoms with E-state index in [-0.39, 0.29) is 0 Å². The molecule has 0 heterocycles. The molecular formula is C13H30F6NP. The Kier molecular flexibility index (Phi) is 10.9. The molecule has 0 atom stereocenters. The zero-order chi connectivity index (χ0) is 16.9. The molecule has 0 aliphatic rings. The van der Waals surface area contributed by atoms with Crippen molar-refractivity contribution in [3.63, 3.8) is 0 Å². The van der Waals surface area contributed by atoms with E-state index in [1.54, 1.807) is 0 Å². The summed E-state index contributed by atoms with van der Waals surface area (Å²) in [5, 5.41) is 2.28. The SMILES string of the molecule is CCCCCCCCCCCC[NH2+]C.F[P-](F)(F)(F)(F)F. The fourth-order valence-corrected chi connectivity index (χ4v) is 1.84. The van der Waals surface area contributed by atoms with Gasteiger partial charge in [0.1, 0.15) is 0 Å². The number of quaternary nitrogens is 1. The fourth-order valence-electron chi connectivity index (χ4n) is 1.84. The van der Waals surface area contributed by atoms with Gasteiger partial charge in [0, 0.05) is 0 Å². The first-order valence-corrected chi connectivity index (χ1v) is 9.74. The third-order valence-electron chi connectivity index (χ3n) is 2.85. The van der Waals surface area contributed by atoms with E-state index in [9.17, 15) is 25.2 Å². The molecule has 0 rings (SSSR count). The van der Waals surface area contributed by atoms with Gasteiger partial charge in [-0.2, -0.15) is 0 Å². The van der Waals surface area contributed by atoms with Crippen LogP contribution in [0.5, 0.6) is 0 Å². The van der Waals surface area contributed by atoms with E-state index in [1.165, 1.54) is 70.8 Å². The standard InChI is InChI=1S/C13H29N.F6P/c1-3-4-5-6-7-8-9-10-11-12-13-14-2;1-7(2,3,4,5)6/h14H,3-13H2,1-2H3;/q;-1/p+1. The first kappa shape index (κ1) is 23.2. The monoisotopic (exact) mass is 345 g/mol. The summed E-state index contributed by atoms with van der Waals surface area (Å²) in [4.78, 5) is 0. The Hall–Kier alpha value is -0.0300. The van der Waals surface area contributed by atoms with E-state index in [0.717, 1.165) is 0 Å². The Morgan fingerprint density at radius 1 is 0.619 bits per heavy atom. The normalized spacial score (nSPS) is 14.9. The van der Waals surface area contributed by atoms with Crippen LogP contribution in [0, 0.1) is 0 Å². The molecule has 0 aliphatic heterocycles. The zero-order valence-corrected chi connectivity index (χ0v) is 14.0. The third-order valence-corrected chi connectivity index (χ3v) is 2.85. The Labute approximate surface area is 124 Å². The van der Waals surface area contributed by atoms with Gasteiger partial charge in [-0.25, -0.2) is 0 Å². The summed E-state index contributed by atoms with van der Waals surface area (Å²) in [6.07, 6.45) is 14.5. The topological polar surface area (TPSA) is 16.6 Å². The summed E-state index contributed by atoms with van der Waals surface area (Å²) in [6, 6.07) is 0. The summed E-state index contributed by atoms with van der Waals surface area (Å²) in [7, 11) is -8.50. The number of nitrogens with two attached hydrogens (primary N) is 1. The Morgan fingerprint density at radius 3 is 1.19 bits per heavy atom. The first-order chi connectivity index (χ1) is 9.36. The van der Waals surface area contributed by atoms with Crippen LogP contribution in [0.1, 0.15) is 71.1 Å². The van der Waals surface area contributed by atoms with Gasteiger partial charge in [-0.3, -0.25) is 0 Å². The van der Waals surface area contributed by atoms with Crippen LogP contribution in [0.25, 0.3) is 0 Å². The molecule has 1 nitrogen and oxygen atoms in total. The van der Waals surface area contributed by atoms with E-state index < -0.39 is 7.81 Å². The van der Waals surface area contributed by atoms with Crippen molar-refractivity contribution in [2.45, 2.75) is 71.1 Å². The minimum absolute atomic E-state index is 1.32. The number of hydrogen-bond acceptors (Lipinski definition) is 0. The number of hydrogen-bond donors (Lipinski definition) is 1. The molecular weight excluding hydrogens is 315 g/mol. The summed E-state index contributed by atoms with van der Waals surface area (Å²) in [6.45, 7) is 3.60. The van der Waals surface area contributed by atoms with Crippen LogP contribution in [0.4, 0.5) is 25.2 Å². The second-order valence-corrected chi connectivity index (χ2v) is 7.25. The molecule has 8 heteroatoms. The third kappa shape index (κ3) is 53.6. The molecule has 2 N–H and O–H groups in total. The van der Waals surface area contributed by atoms with Crippen LogP contribution in [0.15, 0.2) is 0 Å². The van der Waals surface area contributed by atoms with Gasteiger partial charge in [-0.1, -0.05) is 58.3 Å². The summed E-state index contributed by atoms with van der Waals surface area (Å²) < 4.78 is 59.2. The maximum atomic E-state index is 9.87. The number of unbranched alkanes of at least 4 members (excludes halogenated alkanes) is 9. The molecule has 0 aliphatic carbocycles. The van der Waals surface area contributed by atoms with Crippen LogP contribution in [-0.4, -0.2) is 13.6 Å². The van der Waals surface area contributed by atoms with E-state index in [2.05, 4.69) is 19.3 Å². The van der Waals surface area contributed by atoms with E-state index in [0.29, 0.717) is 0 Å². The second kappa shape index (κ2) is 9.88. The van der Waals surface area contributed by atoms with Crippen LogP contribution < -0.4 is 5.32 Å². The predicted octanol–water partition coefficient (Wildman–Crippen LogP) is 6.48. The van der Waals surface area contributed by atoms with Crippen LogP contribution in [0.3, 0.4) is 0 Å². The van der Waals surface area contributed by atoms with Gasteiger partial charge >= 0.3 is 33.0 Å².